The Bertz CT molecular complexity index is 286. The Labute approximate surface area is 86.9 Å². The van der Waals surface area contributed by atoms with Crippen molar-refractivity contribution in [3.05, 3.63) is 22.3 Å². The SMILES string of the molecule is Cc1cnc(NCC(C)N)c(Br)c1. The number of hydrogen-bond acceptors (Lipinski definition) is 3. The average Bonchev–Trinajstić information content (AvgIpc) is 2.02. The zero-order chi connectivity index (χ0) is 9.84. The molecule has 0 aliphatic carbocycles. The molecule has 0 saturated heterocycles. The largest absolute Gasteiger partial charge is 0.368 e. The Morgan fingerprint density at radius 3 is 2.92 bits per heavy atom. The number of nitrogens with zero attached hydrogens (tertiary/aromatic N) is 1. The lowest BCUT2D eigenvalue weighted by atomic mass is 10.3. The van der Waals surface area contributed by atoms with Gasteiger partial charge in [0.05, 0.1) is 4.47 Å². The fraction of sp³-hybridized carbons (Fsp3) is 0.444. The molecule has 1 aromatic rings. The van der Waals surface area contributed by atoms with Crippen molar-refractivity contribution in [2.24, 2.45) is 5.73 Å². The summed E-state index contributed by atoms with van der Waals surface area (Å²) in [6.45, 7) is 4.69. The molecule has 1 aromatic heterocycles. The van der Waals surface area contributed by atoms with Crippen LogP contribution in [-0.2, 0) is 0 Å². The summed E-state index contributed by atoms with van der Waals surface area (Å²) >= 11 is 3.43. The Kier molecular flexibility index (Phi) is 3.69. The van der Waals surface area contributed by atoms with Crippen LogP contribution in [0.4, 0.5) is 5.82 Å². The van der Waals surface area contributed by atoms with Crippen molar-refractivity contribution >= 4 is 21.7 Å². The number of rotatable bonds is 3. The maximum absolute atomic E-state index is 5.61. The zero-order valence-corrected chi connectivity index (χ0v) is 9.43. The van der Waals surface area contributed by atoms with Crippen LogP contribution in [0.25, 0.3) is 0 Å². The molecule has 13 heavy (non-hydrogen) atoms. The van der Waals surface area contributed by atoms with E-state index in [4.69, 9.17) is 5.73 Å². The minimum Gasteiger partial charge on any atom is -0.368 e. The minimum absolute atomic E-state index is 0.134. The van der Waals surface area contributed by atoms with Crippen LogP contribution in [0.1, 0.15) is 12.5 Å². The number of nitrogens with two attached hydrogens (primary N) is 1. The first kappa shape index (κ1) is 10.5. The van der Waals surface area contributed by atoms with Gasteiger partial charge in [0.25, 0.3) is 0 Å². The molecule has 1 heterocycles. The van der Waals surface area contributed by atoms with Crippen molar-refractivity contribution in [2.75, 3.05) is 11.9 Å². The summed E-state index contributed by atoms with van der Waals surface area (Å²) in [5, 5.41) is 3.16. The van der Waals surface area contributed by atoms with Gasteiger partial charge in [0.2, 0.25) is 0 Å². The van der Waals surface area contributed by atoms with Gasteiger partial charge in [-0.3, -0.25) is 0 Å². The summed E-state index contributed by atoms with van der Waals surface area (Å²) in [5.41, 5.74) is 6.75. The molecule has 0 bridgehead atoms. The Morgan fingerprint density at radius 1 is 1.69 bits per heavy atom. The van der Waals surface area contributed by atoms with Crippen LogP contribution >= 0.6 is 15.9 Å². The molecule has 0 radical (unpaired) electrons. The second-order valence-corrected chi connectivity index (χ2v) is 4.06. The third kappa shape index (κ3) is 3.32. The van der Waals surface area contributed by atoms with Gasteiger partial charge < -0.3 is 11.1 Å². The van der Waals surface area contributed by atoms with E-state index < -0.39 is 0 Å². The van der Waals surface area contributed by atoms with Crippen LogP contribution in [0.2, 0.25) is 0 Å². The molecular weight excluding hydrogens is 230 g/mol. The lowest BCUT2D eigenvalue weighted by Crippen LogP contribution is -2.25. The zero-order valence-electron chi connectivity index (χ0n) is 7.84. The van der Waals surface area contributed by atoms with Gasteiger partial charge in [0.15, 0.2) is 0 Å². The maximum atomic E-state index is 5.61. The van der Waals surface area contributed by atoms with Crippen molar-refractivity contribution in [2.45, 2.75) is 19.9 Å². The van der Waals surface area contributed by atoms with Gasteiger partial charge in [-0.2, -0.15) is 0 Å². The molecule has 1 unspecified atom stereocenters. The molecule has 0 fully saturated rings. The molecule has 1 atom stereocenters. The van der Waals surface area contributed by atoms with E-state index in [1.807, 2.05) is 26.1 Å². The summed E-state index contributed by atoms with van der Waals surface area (Å²) in [7, 11) is 0. The molecule has 0 aliphatic heterocycles. The molecule has 3 nitrogen and oxygen atoms in total. The van der Waals surface area contributed by atoms with E-state index in [9.17, 15) is 0 Å². The van der Waals surface area contributed by atoms with Crippen molar-refractivity contribution in [1.82, 2.24) is 4.98 Å². The lowest BCUT2D eigenvalue weighted by molar-refractivity contribution is 0.777. The highest BCUT2D eigenvalue weighted by atomic mass is 79.9. The maximum Gasteiger partial charge on any atom is 0.140 e. The van der Waals surface area contributed by atoms with Gasteiger partial charge in [0, 0.05) is 18.8 Å². The predicted octanol–water partition coefficient (Wildman–Crippen LogP) is 1.91. The third-order valence-electron chi connectivity index (χ3n) is 1.57. The second kappa shape index (κ2) is 4.58. The summed E-state index contributed by atoms with van der Waals surface area (Å²) in [6.07, 6.45) is 1.83. The van der Waals surface area contributed by atoms with E-state index >= 15 is 0 Å². The van der Waals surface area contributed by atoms with Crippen molar-refractivity contribution < 1.29 is 0 Å². The van der Waals surface area contributed by atoms with Gasteiger partial charge in [-0.05, 0) is 41.4 Å². The normalized spacial score (nSPS) is 12.6. The molecule has 0 amide bonds. The Hall–Kier alpha value is -0.610. The quantitative estimate of drug-likeness (QED) is 0.853. The van der Waals surface area contributed by atoms with E-state index in [0.717, 1.165) is 22.4 Å². The molecule has 0 aromatic carbocycles. The number of hydrogen-bond donors (Lipinski definition) is 2. The van der Waals surface area contributed by atoms with E-state index in [2.05, 4.69) is 26.2 Å². The fourth-order valence-corrected chi connectivity index (χ4v) is 1.52. The first-order chi connectivity index (χ1) is 6.09. The topological polar surface area (TPSA) is 50.9 Å². The third-order valence-corrected chi connectivity index (χ3v) is 2.17. The van der Waals surface area contributed by atoms with Crippen LogP contribution in [0.3, 0.4) is 0 Å². The van der Waals surface area contributed by atoms with Crippen LogP contribution in [0.5, 0.6) is 0 Å². The fourth-order valence-electron chi connectivity index (χ4n) is 0.921. The molecule has 72 valence electrons. The van der Waals surface area contributed by atoms with E-state index in [1.165, 1.54) is 0 Å². The Morgan fingerprint density at radius 2 is 2.38 bits per heavy atom. The number of aryl methyl sites for hydroxylation is 1. The van der Waals surface area contributed by atoms with Crippen LogP contribution in [0.15, 0.2) is 16.7 Å². The van der Waals surface area contributed by atoms with E-state index in [1.54, 1.807) is 0 Å². The van der Waals surface area contributed by atoms with Crippen LogP contribution in [0, 0.1) is 6.92 Å². The first-order valence-corrected chi connectivity index (χ1v) is 5.00. The highest BCUT2D eigenvalue weighted by molar-refractivity contribution is 9.10. The summed E-state index contributed by atoms with van der Waals surface area (Å²) in [6, 6.07) is 2.16. The Balaban J connectivity index is 2.67. The summed E-state index contributed by atoms with van der Waals surface area (Å²) in [5.74, 6) is 0.850. The minimum atomic E-state index is 0.134. The van der Waals surface area contributed by atoms with Gasteiger partial charge in [0.1, 0.15) is 5.82 Å². The summed E-state index contributed by atoms with van der Waals surface area (Å²) < 4.78 is 0.980. The first-order valence-electron chi connectivity index (χ1n) is 4.21. The number of halogens is 1. The van der Waals surface area contributed by atoms with Gasteiger partial charge in [-0.25, -0.2) is 4.98 Å². The van der Waals surface area contributed by atoms with Crippen LogP contribution in [-0.4, -0.2) is 17.6 Å². The highest BCUT2D eigenvalue weighted by Gasteiger charge is 2.01. The standard InChI is InChI=1S/C9H14BrN3/c1-6-3-8(10)9(12-4-6)13-5-7(2)11/h3-4,7H,5,11H2,1-2H3,(H,12,13). The molecule has 0 spiro atoms. The molecule has 0 saturated carbocycles. The van der Waals surface area contributed by atoms with Crippen LogP contribution < -0.4 is 11.1 Å². The van der Waals surface area contributed by atoms with E-state index in [0.29, 0.717) is 0 Å². The monoisotopic (exact) mass is 243 g/mol. The molecular formula is C9H14BrN3. The van der Waals surface area contributed by atoms with Crippen molar-refractivity contribution in [3.8, 4) is 0 Å². The predicted molar refractivity (Wildman–Crippen MR) is 58.8 cm³/mol. The van der Waals surface area contributed by atoms with Gasteiger partial charge in [-0.15, -0.1) is 0 Å². The molecule has 0 aliphatic rings. The average molecular weight is 244 g/mol. The number of anilines is 1. The number of pyridine rings is 1. The number of aromatic nitrogens is 1. The van der Waals surface area contributed by atoms with Gasteiger partial charge in [-0.1, -0.05) is 0 Å². The molecule has 4 heteroatoms. The summed E-state index contributed by atoms with van der Waals surface area (Å²) in [4.78, 5) is 4.24. The molecule has 1 rings (SSSR count). The number of nitrogens with one attached hydrogen (secondary N) is 1. The van der Waals surface area contributed by atoms with E-state index in [-0.39, 0.29) is 6.04 Å². The van der Waals surface area contributed by atoms with Crippen molar-refractivity contribution in [3.63, 3.8) is 0 Å². The smallest absolute Gasteiger partial charge is 0.140 e. The lowest BCUT2D eigenvalue weighted by Gasteiger charge is -2.09. The van der Waals surface area contributed by atoms with Gasteiger partial charge >= 0.3 is 0 Å². The second-order valence-electron chi connectivity index (χ2n) is 3.20. The highest BCUT2D eigenvalue weighted by Crippen LogP contribution is 2.19. The van der Waals surface area contributed by atoms with Crippen molar-refractivity contribution in [1.29, 1.82) is 0 Å². The molecule has 3 N–H and O–H groups in total.